The molecule has 0 aliphatic carbocycles. The first-order valence-electron chi connectivity index (χ1n) is 17.9. The second-order valence-corrected chi connectivity index (χ2v) is 13.3. The van der Waals surface area contributed by atoms with Gasteiger partial charge in [-0.3, -0.25) is 0 Å². The van der Waals surface area contributed by atoms with Gasteiger partial charge in [0.05, 0.1) is 16.7 Å². The molecular formula is C49H32N4. The molecule has 4 nitrogen and oxygen atoms in total. The molecule has 10 rings (SSSR count). The average molecular weight is 677 g/mol. The summed E-state index contributed by atoms with van der Waals surface area (Å²) in [6, 6.07) is 68.1. The van der Waals surface area contributed by atoms with E-state index in [1.54, 1.807) is 0 Å². The van der Waals surface area contributed by atoms with Crippen molar-refractivity contribution in [2.45, 2.75) is 0 Å². The third-order valence-corrected chi connectivity index (χ3v) is 10.1. The minimum absolute atomic E-state index is 0.626. The van der Waals surface area contributed by atoms with Crippen molar-refractivity contribution in [3.63, 3.8) is 0 Å². The fourth-order valence-electron chi connectivity index (χ4n) is 7.45. The van der Waals surface area contributed by atoms with Gasteiger partial charge < -0.3 is 4.57 Å². The number of rotatable bonds is 6. The molecule has 0 atom stereocenters. The maximum Gasteiger partial charge on any atom is 0.164 e. The highest BCUT2D eigenvalue weighted by molar-refractivity contribution is 6.09. The molecule has 53 heavy (non-hydrogen) atoms. The SMILES string of the molecule is c1ccc(-c2ccc(-c3nc(-c4cccc(-c5ccccc5-n5c6ccccc6c6ccccc65)c4)nc(-c4ccc5ccccc5c4)n3)cc2)cc1. The molecule has 4 heteroatoms. The van der Waals surface area contributed by atoms with Crippen LogP contribution in [-0.4, -0.2) is 19.5 Å². The molecule has 0 aliphatic heterocycles. The van der Waals surface area contributed by atoms with Crippen LogP contribution in [-0.2, 0) is 0 Å². The summed E-state index contributed by atoms with van der Waals surface area (Å²) in [6.07, 6.45) is 0. The molecule has 8 aromatic carbocycles. The van der Waals surface area contributed by atoms with Gasteiger partial charge in [-0.15, -0.1) is 0 Å². The summed E-state index contributed by atoms with van der Waals surface area (Å²) >= 11 is 0. The summed E-state index contributed by atoms with van der Waals surface area (Å²) in [7, 11) is 0. The zero-order valence-electron chi connectivity index (χ0n) is 28.8. The van der Waals surface area contributed by atoms with E-state index in [0.717, 1.165) is 44.5 Å². The number of fused-ring (bicyclic) bond motifs is 4. The van der Waals surface area contributed by atoms with Gasteiger partial charge in [0.1, 0.15) is 0 Å². The highest BCUT2D eigenvalue weighted by Crippen LogP contribution is 2.37. The Labute approximate surface area is 307 Å². The van der Waals surface area contributed by atoms with E-state index in [4.69, 9.17) is 15.0 Å². The third-order valence-electron chi connectivity index (χ3n) is 10.1. The van der Waals surface area contributed by atoms with E-state index >= 15 is 0 Å². The first kappa shape index (κ1) is 30.6. The second kappa shape index (κ2) is 12.9. The predicted octanol–water partition coefficient (Wildman–Crippen LogP) is 12.5. The van der Waals surface area contributed by atoms with Gasteiger partial charge in [-0.2, -0.15) is 0 Å². The molecule has 0 radical (unpaired) electrons. The van der Waals surface area contributed by atoms with Crippen molar-refractivity contribution in [1.82, 2.24) is 19.5 Å². The summed E-state index contributed by atoms with van der Waals surface area (Å²) in [5.41, 5.74) is 10.8. The monoisotopic (exact) mass is 676 g/mol. The maximum atomic E-state index is 5.13. The first-order valence-corrected chi connectivity index (χ1v) is 17.9. The topological polar surface area (TPSA) is 43.6 Å². The minimum Gasteiger partial charge on any atom is -0.309 e. The Morgan fingerprint density at radius 2 is 0.792 bits per heavy atom. The molecular weight excluding hydrogens is 645 g/mol. The van der Waals surface area contributed by atoms with Crippen LogP contribution in [0.5, 0.6) is 0 Å². The van der Waals surface area contributed by atoms with Crippen molar-refractivity contribution in [2.24, 2.45) is 0 Å². The summed E-state index contributed by atoms with van der Waals surface area (Å²) in [5.74, 6) is 1.90. The van der Waals surface area contributed by atoms with E-state index in [9.17, 15) is 0 Å². The molecule has 10 aromatic rings. The zero-order chi connectivity index (χ0) is 35.1. The lowest BCUT2D eigenvalue weighted by Gasteiger charge is -2.15. The molecule has 2 aromatic heterocycles. The van der Waals surface area contributed by atoms with E-state index in [1.807, 2.05) is 6.07 Å². The van der Waals surface area contributed by atoms with Gasteiger partial charge >= 0.3 is 0 Å². The number of hydrogen-bond acceptors (Lipinski definition) is 3. The molecule has 0 fully saturated rings. The first-order chi connectivity index (χ1) is 26.3. The van der Waals surface area contributed by atoms with Crippen molar-refractivity contribution in [3.05, 3.63) is 194 Å². The highest BCUT2D eigenvalue weighted by Gasteiger charge is 2.17. The fraction of sp³-hybridized carbons (Fsp3) is 0. The van der Waals surface area contributed by atoms with Gasteiger partial charge in [-0.05, 0) is 57.8 Å². The summed E-state index contributed by atoms with van der Waals surface area (Å²) in [6.45, 7) is 0. The number of aromatic nitrogens is 4. The van der Waals surface area contributed by atoms with Crippen LogP contribution >= 0.6 is 0 Å². The molecule has 0 unspecified atom stereocenters. The van der Waals surface area contributed by atoms with Crippen molar-refractivity contribution in [3.8, 4) is 62.1 Å². The molecule has 0 N–H and O–H groups in total. The fourth-order valence-corrected chi connectivity index (χ4v) is 7.45. The summed E-state index contributed by atoms with van der Waals surface area (Å²) in [4.78, 5) is 15.3. The van der Waals surface area contributed by atoms with Crippen molar-refractivity contribution < 1.29 is 0 Å². The van der Waals surface area contributed by atoms with Crippen LogP contribution < -0.4 is 0 Å². The Kier molecular flexibility index (Phi) is 7.43. The molecule has 248 valence electrons. The number of nitrogens with zero attached hydrogens (tertiary/aromatic N) is 4. The molecule has 0 bridgehead atoms. The van der Waals surface area contributed by atoms with Gasteiger partial charge in [0, 0.05) is 33.0 Å². The normalized spacial score (nSPS) is 11.4. The predicted molar refractivity (Wildman–Crippen MR) is 219 cm³/mol. The lowest BCUT2D eigenvalue weighted by molar-refractivity contribution is 1.07. The molecule has 0 saturated carbocycles. The average Bonchev–Trinajstić information content (AvgIpc) is 3.58. The van der Waals surface area contributed by atoms with Gasteiger partial charge in [0.2, 0.25) is 0 Å². The van der Waals surface area contributed by atoms with Crippen LogP contribution in [0.4, 0.5) is 0 Å². The van der Waals surface area contributed by atoms with Crippen LogP contribution in [0.25, 0.3) is 94.7 Å². The number of benzene rings is 8. The molecule has 0 saturated heterocycles. The Balaban J connectivity index is 1.12. The lowest BCUT2D eigenvalue weighted by Crippen LogP contribution is -2.01. The van der Waals surface area contributed by atoms with Crippen LogP contribution in [0.1, 0.15) is 0 Å². The van der Waals surface area contributed by atoms with Crippen LogP contribution in [0, 0.1) is 0 Å². The molecule has 0 aliphatic rings. The van der Waals surface area contributed by atoms with E-state index in [-0.39, 0.29) is 0 Å². The minimum atomic E-state index is 0.626. The third kappa shape index (κ3) is 5.54. The van der Waals surface area contributed by atoms with E-state index in [0.29, 0.717) is 17.5 Å². The summed E-state index contributed by atoms with van der Waals surface area (Å²) < 4.78 is 2.38. The number of hydrogen-bond donors (Lipinski definition) is 0. The second-order valence-electron chi connectivity index (χ2n) is 13.3. The van der Waals surface area contributed by atoms with Crippen LogP contribution in [0.2, 0.25) is 0 Å². The molecule has 0 amide bonds. The van der Waals surface area contributed by atoms with Crippen LogP contribution in [0.3, 0.4) is 0 Å². The quantitative estimate of drug-likeness (QED) is 0.176. The van der Waals surface area contributed by atoms with E-state index < -0.39 is 0 Å². The Bertz CT molecular complexity index is 2890. The van der Waals surface area contributed by atoms with Crippen molar-refractivity contribution in [1.29, 1.82) is 0 Å². The smallest absolute Gasteiger partial charge is 0.164 e. The van der Waals surface area contributed by atoms with Crippen molar-refractivity contribution in [2.75, 3.05) is 0 Å². The van der Waals surface area contributed by atoms with Gasteiger partial charge in [-0.1, -0.05) is 164 Å². The summed E-state index contributed by atoms with van der Waals surface area (Å²) in [5, 5.41) is 4.80. The Morgan fingerprint density at radius 3 is 1.53 bits per heavy atom. The molecule has 2 heterocycles. The number of para-hydroxylation sites is 3. The van der Waals surface area contributed by atoms with Crippen molar-refractivity contribution >= 4 is 32.6 Å². The lowest BCUT2D eigenvalue weighted by atomic mass is 10.0. The maximum absolute atomic E-state index is 5.13. The zero-order valence-corrected chi connectivity index (χ0v) is 28.8. The molecule has 0 spiro atoms. The van der Waals surface area contributed by atoms with Gasteiger partial charge in [0.15, 0.2) is 17.5 Å². The van der Waals surface area contributed by atoms with Crippen LogP contribution in [0.15, 0.2) is 194 Å². The van der Waals surface area contributed by atoms with Gasteiger partial charge in [0.25, 0.3) is 0 Å². The Morgan fingerprint density at radius 1 is 0.302 bits per heavy atom. The standard InChI is InChI=1S/C49H32N4/c1-2-13-33(14-3-1)35-25-28-36(29-26-35)47-50-48(52-49(51-47)40-30-27-34-15-4-5-16-37(34)31-40)39-18-12-17-38(32-39)41-19-6-9-22-44(41)53-45-23-10-7-20-42(45)43-21-8-11-24-46(43)53/h1-32H. The largest absolute Gasteiger partial charge is 0.309 e. The van der Waals surface area contributed by atoms with E-state index in [1.165, 1.54) is 32.8 Å². The highest BCUT2D eigenvalue weighted by atomic mass is 15.0. The van der Waals surface area contributed by atoms with Gasteiger partial charge in [-0.25, -0.2) is 15.0 Å². The van der Waals surface area contributed by atoms with E-state index in [2.05, 4.69) is 193 Å². The Hall–Kier alpha value is -7.17.